The van der Waals surface area contributed by atoms with E-state index in [1.54, 1.807) is 0 Å². The largest absolute Gasteiger partial charge is 0.350 e. The van der Waals surface area contributed by atoms with Crippen molar-refractivity contribution in [2.75, 3.05) is 10.6 Å². The monoisotopic (exact) mass is 336 g/mol. The van der Waals surface area contributed by atoms with Gasteiger partial charge in [0, 0.05) is 18.4 Å². The fourth-order valence-electron chi connectivity index (χ4n) is 2.30. The molecule has 6 heteroatoms. The normalized spacial score (nSPS) is 10.3. The summed E-state index contributed by atoms with van der Waals surface area (Å²) in [5.74, 6) is -0.372. The molecule has 0 saturated carbocycles. The van der Waals surface area contributed by atoms with E-state index >= 15 is 0 Å². The highest BCUT2D eigenvalue weighted by molar-refractivity contribution is 6.02. The number of aromatic nitrogens is 2. The number of carbonyl (C=O) groups is 1. The van der Waals surface area contributed by atoms with Gasteiger partial charge in [0.2, 0.25) is 5.95 Å². The zero-order valence-electron chi connectivity index (χ0n) is 13.7. The molecule has 0 bridgehead atoms. The third kappa shape index (κ3) is 4.60. The molecule has 3 rings (SSSR count). The minimum atomic E-state index is -0.382. The summed E-state index contributed by atoms with van der Waals surface area (Å²) in [4.78, 5) is 20.6. The molecule has 126 valence electrons. The highest BCUT2D eigenvalue weighted by Crippen LogP contribution is 2.11. The van der Waals surface area contributed by atoms with Crippen molar-refractivity contribution in [2.24, 2.45) is 0 Å². The third-order valence-corrected chi connectivity index (χ3v) is 3.52. The lowest BCUT2D eigenvalue weighted by atomic mass is 10.1. The van der Waals surface area contributed by atoms with Gasteiger partial charge in [0.25, 0.3) is 5.91 Å². The number of halogens is 1. The van der Waals surface area contributed by atoms with Gasteiger partial charge >= 0.3 is 0 Å². The number of hydrogen-bond donors (Lipinski definition) is 2. The van der Waals surface area contributed by atoms with Gasteiger partial charge in [0.1, 0.15) is 11.5 Å². The molecular weight excluding hydrogens is 319 g/mol. The van der Waals surface area contributed by atoms with Crippen molar-refractivity contribution in [3.63, 3.8) is 0 Å². The Morgan fingerprint density at radius 2 is 1.92 bits per heavy atom. The smallest absolute Gasteiger partial charge is 0.274 e. The SMILES string of the molecule is Cc1cccc(CNc2nccc(C(=O)Nc3ccc(F)cc3)n2)c1. The van der Waals surface area contributed by atoms with Gasteiger partial charge in [-0.05, 0) is 42.8 Å². The molecule has 5 nitrogen and oxygen atoms in total. The van der Waals surface area contributed by atoms with Crippen LogP contribution in [0.1, 0.15) is 21.6 Å². The van der Waals surface area contributed by atoms with Crippen LogP contribution in [0.3, 0.4) is 0 Å². The second-order valence-electron chi connectivity index (χ2n) is 5.57. The van der Waals surface area contributed by atoms with E-state index in [2.05, 4.69) is 26.7 Å². The molecule has 1 heterocycles. The molecule has 0 aliphatic carbocycles. The summed E-state index contributed by atoms with van der Waals surface area (Å²) in [5, 5.41) is 5.77. The standard InChI is InChI=1S/C19H17FN4O/c1-13-3-2-4-14(11-13)12-22-19-21-10-9-17(24-19)18(25)23-16-7-5-15(20)6-8-16/h2-11H,12H2,1H3,(H,23,25)(H,21,22,24). The average molecular weight is 336 g/mol. The molecule has 1 amide bonds. The summed E-state index contributed by atoms with van der Waals surface area (Å²) in [7, 11) is 0. The van der Waals surface area contributed by atoms with Crippen molar-refractivity contribution < 1.29 is 9.18 Å². The molecule has 0 radical (unpaired) electrons. The van der Waals surface area contributed by atoms with E-state index in [-0.39, 0.29) is 17.4 Å². The van der Waals surface area contributed by atoms with Crippen LogP contribution in [0.25, 0.3) is 0 Å². The highest BCUT2D eigenvalue weighted by atomic mass is 19.1. The molecule has 0 spiro atoms. The Hall–Kier alpha value is -3.28. The van der Waals surface area contributed by atoms with E-state index < -0.39 is 0 Å². The summed E-state index contributed by atoms with van der Waals surface area (Å²) in [5.41, 5.74) is 3.00. The van der Waals surface area contributed by atoms with Crippen LogP contribution >= 0.6 is 0 Å². The van der Waals surface area contributed by atoms with E-state index in [0.29, 0.717) is 18.2 Å². The first-order valence-corrected chi connectivity index (χ1v) is 7.79. The lowest BCUT2D eigenvalue weighted by Gasteiger charge is -2.08. The van der Waals surface area contributed by atoms with Gasteiger partial charge < -0.3 is 10.6 Å². The van der Waals surface area contributed by atoms with Crippen LogP contribution in [0.15, 0.2) is 60.8 Å². The number of amides is 1. The highest BCUT2D eigenvalue weighted by Gasteiger charge is 2.09. The minimum absolute atomic E-state index is 0.228. The first-order valence-electron chi connectivity index (χ1n) is 7.79. The van der Waals surface area contributed by atoms with Gasteiger partial charge in [0.15, 0.2) is 0 Å². The molecule has 3 aromatic rings. The van der Waals surface area contributed by atoms with Crippen molar-refractivity contribution in [1.82, 2.24) is 9.97 Å². The molecule has 2 aromatic carbocycles. The second kappa shape index (κ2) is 7.53. The van der Waals surface area contributed by atoms with Gasteiger partial charge in [0.05, 0.1) is 0 Å². The van der Waals surface area contributed by atoms with Crippen LogP contribution in [0.2, 0.25) is 0 Å². The number of carbonyl (C=O) groups excluding carboxylic acids is 1. The summed E-state index contributed by atoms with van der Waals surface area (Å²) >= 11 is 0. The Morgan fingerprint density at radius 3 is 2.68 bits per heavy atom. The minimum Gasteiger partial charge on any atom is -0.350 e. The maximum absolute atomic E-state index is 12.9. The molecule has 0 fully saturated rings. The zero-order valence-corrected chi connectivity index (χ0v) is 13.7. The van der Waals surface area contributed by atoms with Gasteiger partial charge in [-0.3, -0.25) is 4.79 Å². The Bertz CT molecular complexity index is 881. The maximum Gasteiger partial charge on any atom is 0.274 e. The lowest BCUT2D eigenvalue weighted by Crippen LogP contribution is -2.15. The van der Waals surface area contributed by atoms with Gasteiger partial charge in [-0.25, -0.2) is 14.4 Å². The number of aryl methyl sites for hydroxylation is 1. The summed E-state index contributed by atoms with van der Waals surface area (Å²) in [6, 6.07) is 15.2. The van der Waals surface area contributed by atoms with E-state index in [1.165, 1.54) is 42.1 Å². The average Bonchev–Trinajstić information content (AvgIpc) is 2.62. The van der Waals surface area contributed by atoms with Gasteiger partial charge in [-0.15, -0.1) is 0 Å². The number of anilines is 2. The summed E-state index contributed by atoms with van der Waals surface area (Å²) < 4.78 is 12.9. The van der Waals surface area contributed by atoms with Gasteiger partial charge in [-0.1, -0.05) is 29.8 Å². The summed E-state index contributed by atoms with van der Waals surface area (Å²) in [6.07, 6.45) is 1.52. The van der Waals surface area contributed by atoms with E-state index in [0.717, 1.165) is 5.56 Å². The molecule has 1 aromatic heterocycles. The number of hydrogen-bond acceptors (Lipinski definition) is 4. The lowest BCUT2D eigenvalue weighted by molar-refractivity contribution is 0.102. The molecule has 0 saturated heterocycles. The van der Waals surface area contributed by atoms with Crippen molar-refractivity contribution in [3.05, 3.63) is 83.4 Å². The van der Waals surface area contributed by atoms with Crippen LogP contribution in [-0.4, -0.2) is 15.9 Å². The predicted molar refractivity (Wildman–Crippen MR) is 94.9 cm³/mol. The topological polar surface area (TPSA) is 66.9 Å². The van der Waals surface area contributed by atoms with E-state index in [1.807, 2.05) is 25.1 Å². The molecule has 0 atom stereocenters. The van der Waals surface area contributed by atoms with Crippen molar-refractivity contribution in [1.29, 1.82) is 0 Å². The van der Waals surface area contributed by atoms with E-state index in [9.17, 15) is 9.18 Å². The maximum atomic E-state index is 12.9. The van der Waals surface area contributed by atoms with Crippen LogP contribution in [0, 0.1) is 12.7 Å². The number of benzene rings is 2. The Kier molecular flexibility index (Phi) is 4.99. The van der Waals surface area contributed by atoms with Crippen LogP contribution in [0.5, 0.6) is 0 Å². The fourth-order valence-corrected chi connectivity index (χ4v) is 2.30. The molecule has 0 unspecified atom stereocenters. The van der Waals surface area contributed by atoms with Crippen molar-refractivity contribution in [3.8, 4) is 0 Å². The molecular formula is C19H17FN4O. The number of nitrogens with one attached hydrogen (secondary N) is 2. The van der Waals surface area contributed by atoms with Crippen LogP contribution in [-0.2, 0) is 6.54 Å². The first kappa shape index (κ1) is 16.6. The van der Waals surface area contributed by atoms with E-state index in [4.69, 9.17) is 0 Å². The third-order valence-electron chi connectivity index (χ3n) is 3.52. The van der Waals surface area contributed by atoms with Crippen LogP contribution < -0.4 is 10.6 Å². The van der Waals surface area contributed by atoms with Crippen molar-refractivity contribution in [2.45, 2.75) is 13.5 Å². The zero-order chi connectivity index (χ0) is 17.6. The molecule has 25 heavy (non-hydrogen) atoms. The van der Waals surface area contributed by atoms with Gasteiger partial charge in [-0.2, -0.15) is 0 Å². The number of rotatable bonds is 5. The second-order valence-corrected chi connectivity index (χ2v) is 5.57. The Balaban J connectivity index is 1.66. The number of nitrogens with zero attached hydrogens (tertiary/aromatic N) is 2. The molecule has 2 N–H and O–H groups in total. The Morgan fingerprint density at radius 1 is 1.12 bits per heavy atom. The quantitative estimate of drug-likeness (QED) is 0.744. The first-order chi connectivity index (χ1) is 12.1. The Labute approximate surface area is 145 Å². The van der Waals surface area contributed by atoms with Crippen molar-refractivity contribution >= 4 is 17.5 Å². The molecule has 0 aliphatic rings. The fraction of sp³-hybridized carbons (Fsp3) is 0.105. The summed E-state index contributed by atoms with van der Waals surface area (Å²) in [6.45, 7) is 2.59. The van der Waals surface area contributed by atoms with Crippen LogP contribution in [0.4, 0.5) is 16.0 Å². The predicted octanol–water partition coefficient (Wildman–Crippen LogP) is 3.79. The molecule has 0 aliphatic heterocycles.